The second-order valence-corrected chi connectivity index (χ2v) is 10.0. The first-order valence-corrected chi connectivity index (χ1v) is 12.6. The molecule has 0 bridgehead atoms. The first kappa shape index (κ1) is 25.3. The number of fused-ring (bicyclic) bond motifs is 3. The fraction of sp³-hybridized carbons (Fsp3) is 0.261. The van der Waals surface area contributed by atoms with E-state index in [9.17, 15) is 9.59 Å². The Kier molecular flexibility index (Phi) is 6.99. The van der Waals surface area contributed by atoms with Crippen LogP contribution in [0.2, 0.25) is 10.2 Å². The molecule has 0 fully saturated rings. The van der Waals surface area contributed by atoms with Gasteiger partial charge in [0.05, 0.1) is 18.5 Å². The van der Waals surface area contributed by atoms with Crippen molar-refractivity contribution in [1.82, 2.24) is 30.0 Å². The molecule has 0 aliphatic carbocycles. The highest BCUT2D eigenvalue weighted by Gasteiger charge is 2.38. The Morgan fingerprint density at radius 1 is 1.24 bits per heavy atom. The lowest BCUT2D eigenvalue weighted by Gasteiger charge is -2.35. The van der Waals surface area contributed by atoms with E-state index in [4.69, 9.17) is 27.9 Å². The van der Waals surface area contributed by atoms with E-state index in [0.717, 1.165) is 10.7 Å². The molecule has 10 nitrogen and oxygen atoms in total. The van der Waals surface area contributed by atoms with Crippen molar-refractivity contribution in [2.24, 2.45) is 0 Å². The molecule has 0 saturated carbocycles. The van der Waals surface area contributed by atoms with Crippen LogP contribution >= 0.6 is 34.5 Å². The zero-order chi connectivity index (χ0) is 26.3. The van der Waals surface area contributed by atoms with Gasteiger partial charge in [-0.15, -0.1) is 0 Å². The van der Waals surface area contributed by atoms with Crippen LogP contribution in [0.1, 0.15) is 38.5 Å². The minimum absolute atomic E-state index is 0.00988. The van der Waals surface area contributed by atoms with Crippen molar-refractivity contribution in [2.75, 3.05) is 20.3 Å². The summed E-state index contributed by atoms with van der Waals surface area (Å²) >= 11 is 13.6. The van der Waals surface area contributed by atoms with Gasteiger partial charge in [0.15, 0.2) is 17.5 Å². The van der Waals surface area contributed by atoms with Gasteiger partial charge in [-0.3, -0.25) is 14.4 Å². The second kappa shape index (κ2) is 10.2. The van der Waals surface area contributed by atoms with E-state index >= 15 is 4.39 Å². The number of nitrogens with one attached hydrogen (secondary N) is 1. The minimum atomic E-state index is -0.803. The number of hydroxylamine groups is 1. The van der Waals surface area contributed by atoms with Gasteiger partial charge in [0, 0.05) is 23.6 Å². The Hall–Kier alpha value is -3.32. The quantitative estimate of drug-likeness (QED) is 0.280. The van der Waals surface area contributed by atoms with E-state index in [1.165, 1.54) is 41.5 Å². The fourth-order valence-corrected chi connectivity index (χ4v) is 5.33. The van der Waals surface area contributed by atoms with E-state index in [0.29, 0.717) is 17.1 Å². The average Bonchev–Trinajstić information content (AvgIpc) is 3.38. The molecule has 37 heavy (non-hydrogen) atoms. The molecular weight excluding hydrogens is 546 g/mol. The van der Waals surface area contributed by atoms with E-state index in [1.54, 1.807) is 16.6 Å². The molecule has 1 N–H and O–H groups in total. The van der Waals surface area contributed by atoms with Crippen LogP contribution < -0.4 is 10.2 Å². The predicted octanol–water partition coefficient (Wildman–Crippen LogP) is 3.78. The van der Waals surface area contributed by atoms with Crippen LogP contribution in [0.5, 0.6) is 5.75 Å². The summed E-state index contributed by atoms with van der Waals surface area (Å²) in [5.41, 5.74) is 3.78. The van der Waals surface area contributed by atoms with Crippen LogP contribution in [-0.2, 0) is 16.1 Å². The molecule has 0 spiro atoms. The van der Waals surface area contributed by atoms with Crippen molar-refractivity contribution in [3.8, 4) is 5.75 Å². The molecule has 4 heterocycles. The van der Waals surface area contributed by atoms with Gasteiger partial charge in [-0.05, 0) is 31.2 Å². The Morgan fingerprint density at radius 2 is 2.05 bits per heavy atom. The lowest BCUT2D eigenvalue weighted by molar-refractivity contribution is -0.135. The van der Waals surface area contributed by atoms with E-state index in [-0.39, 0.29) is 33.7 Å². The molecule has 192 valence electrons. The van der Waals surface area contributed by atoms with Crippen LogP contribution in [0.3, 0.4) is 0 Å². The van der Waals surface area contributed by atoms with Crippen molar-refractivity contribution in [2.45, 2.75) is 19.4 Å². The SMILES string of the molecule is CONC(=O)c1ccc(OCC(=O)N2CCc3nc4sc(C)nn4c3C2c2ccc(Cl)cc2F)c(Cl)n1. The summed E-state index contributed by atoms with van der Waals surface area (Å²) in [5, 5.41) is 5.46. The number of ether oxygens (including phenoxy) is 1. The number of halogens is 3. The maximum atomic E-state index is 15.2. The largest absolute Gasteiger partial charge is 0.481 e. The summed E-state index contributed by atoms with van der Waals surface area (Å²) in [5.74, 6) is -1.45. The van der Waals surface area contributed by atoms with Crippen LogP contribution in [0, 0.1) is 12.7 Å². The molecule has 4 aromatic rings. The van der Waals surface area contributed by atoms with Crippen LogP contribution in [0.25, 0.3) is 4.96 Å². The minimum Gasteiger partial charge on any atom is -0.481 e. The summed E-state index contributed by atoms with van der Waals surface area (Å²) in [7, 11) is 1.29. The van der Waals surface area contributed by atoms with Gasteiger partial charge in [0.2, 0.25) is 4.96 Å². The molecule has 1 aliphatic heterocycles. The van der Waals surface area contributed by atoms with Gasteiger partial charge in [0.25, 0.3) is 11.8 Å². The summed E-state index contributed by atoms with van der Waals surface area (Å²) in [6, 6.07) is 6.35. The molecule has 1 aromatic carbocycles. The smallest absolute Gasteiger partial charge is 0.293 e. The zero-order valence-corrected chi connectivity index (χ0v) is 21.8. The normalized spacial score (nSPS) is 15.1. The molecule has 2 amide bonds. The number of hydrogen-bond donors (Lipinski definition) is 1. The zero-order valence-electron chi connectivity index (χ0n) is 19.5. The topological polar surface area (TPSA) is 111 Å². The molecule has 3 aromatic heterocycles. The third kappa shape index (κ3) is 4.85. The van der Waals surface area contributed by atoms with E-state index in [1.807, 2.05) is 6.92 Å². The number of pyridine rings is 1. The highest BCUT2D eigenvalue weighted by Crippen LogP contribution is 2.38. The van der Waals surface area contributed by atoms with E-state index < -0.39 is 30.3 Å². The standard InChI is InChI=1S/C23H19Cl2FN6O4S/c1-11-29-32-20-15(28-23(32)37-11)7-8-31(19(20)13-4-3-12(24)9-14(13)26)18(33)10-36-17-6-5-16(27-21(17)25)22(34)30-35-2/h3-6,9,19H,7-8,10H2,1-2H3,(H,30,34). The summed E-state index contributed by atoms with van der Waals surface area (Å²) in [6.07, 6.45) is 0.466. The Balaban J connectivity index is 1.45. The molecule has 1 unspecified atom stereocenters. The number of nitrogens with zero attached hydrogens (tertiary/aromatic N) is 5. The van der Waals surface area contributed by atoms with Crippen LogP contribution in [0.15, 0.2) is 30.3 Å². The Labute approximate surface area is 223 Å². The first-order chi connectivity index (χ1) is 17.8. The predicted molar refractivity (Wildman–Crippen MR) is 133 cm³/mol. The lowest BCUT2D eigenvalue weighted by atomic mass is 9.95. The average molecular weight is 565 g/mol. The van der Waals surface area contributed by atoms with Crippen molar-refractivity contribution >= 4 is 51.3 Å². The van der Waals surface area contributed by atoms with Crippen LogP contribution in [-0.4, -0.2) is 56.6 Å². The Bertz CT molecular complexity index is 1530. The molecular formula is C23H19Cl2FN6O4S. The van der Waals surface area contributed by atoms with Gasteiger partial charge in [-0.2, -0.15) is 5.10 Å². The number of imidazole rings is 1. The highest BCUT2D eigenvalue weighted by atomic mass is 35.5. The third-order valence-corrected chi connectivity index (χ3v) is 7.08. The van der Waals surface area contributed by atoms with Crippen molar-refractivity contribution < 1.29 is 23.6 Å². The number of hydrogen-bond acceptors (Lipinski definition) is 8. The maximum Gasteiger partial charge on any atom is 0.293 e. The second-order valence-electron chi connectivity index (χ2n) is 8.07. The van der Waals surface area contributed by atoms with E-state index in [2.05, 4.69) is 25.4 Å². The highest BCUT2D eigenvalue weighted by molar-refractivity contribution is 7.16. The van der Waals surface area contributed by atoms with Crippen molar-refractivity contribution in [1.29, 1.82) is 0 Å². The van der Waals surface area contributed by atoms with Gasteiger partial charge in [-0.1, -0.05) is 40.6 Å². The Morgan fingerprint density at radius 3 is 2.78 bits per heavy atom. The van der Waals surface area contributed by atoms with Crippen molar-refractivity contribution in [3.63, 3.8) is 0 Å². The summed E-state index contributed by atoms with van der Waals surface area (Å²) < 4.78 is 22.5. The van der Waals surface area contributed by atoms with Crippen molar-refractivity contribution in [3.05, 3.63) is 74.0 Å². The first-order valence-electron chi connectivity index (χ1n) is 11.0. The molecule has 1 aliphatic rings. The number of carbonyl (C=O) groups excluding carboxylic acids is 2. The molecule has 0 saturated heterocycles. The fourth-order valence-electron chi connectivity index (χ4n) is 4.19. The third-order valence-electron chi connectivity index (χ3n) is 5.75. The number of aromatic nitrogens is 4. The number of benzene rings is 1. The van der Waals surface area contributed by atoms with Gasteiger partial charge in [-0.25, -0.2) is 24.4 Å². The summed E-state index contributed by atoms with van der Waals surface area (Å²) in [4.78, 5) is 40.7. The molecule has 14 heteroatoms. The number of carbonyl (C=O) groups is 2. The summed E-state index contributed by atoms with van der Waals surface area (Å²) in [6.45, 7) is 1.74. The maximum absolute atomic E-state index is 15.2. The monoisotopic (exact) mass is 564 g/mol. The molecule has 1 atom stereocenters. The molecule has 5 rings (SSSR count). The molecule has 0 radical (unpaired) electrons. The number of amides is 2. The number of aryl methyl sites for hydroxylation is 1. The van der Waals surface area contributed by atoms with Gasteiger partial charge >= 0.3 is 0 Å². The lowest BCUT2D eigenvalue weighted by Crippen LogP contribution is -2.43. The number of rotatable bonds is 6. The van der Waals surface area contributed by atoms with Gasteiger partial charge < -0.3 is 9.64 Å². The van der Waals surface area contributed by atoms with Crippen LogP contribution in [0.4, 0.5) is 4.39 Å². The van der Waals surface area contributed by atoms with Gasteiger partial charge in [0.1, 0.15) is 22.6 Å².